The number of nitrogens with zero attached hydrogens (tertiary/aromatic N) is 1. The molecular weight excluding hydrogens is 207 g/mol. The Hall–Kier alpha value is -1.84. The number of halogens is 1. The molecular formula is C12H11FN2O. The molecule has 0 atom stereocenters. The number of aromatic amines is 1. The van der Waals surface area contributed by atoms with Gasteiger partial charge in [0.25, 0.3) is 5.91 Å². The van der Waals surface area contributed by atoms with Crippen molar-refractivity contribution in [1.82, 2.24) is 9.88 Å². The normalized spacial score (nSPS) is 15.2. The Balaban J connectivity index is 2.12. The van der Waals surface area contributed by atoms with Crippen LogP contribution in [0.4, 0.5) is 4.39 Å². The molecule has 0 bridgehead atoms. The average molecular weight is 218 g/mol. The van der Waals surface area contributed by atoms with E-state index in [0.29, 0.717) is 16.5 Å². The Morgan fingerprint density at radius 3 is 2.88 bits per heavy atom. The zero-order chi connectivity index (χ0) is 11.1. The molecule has 2 heterocycles. The highest BCUT2D eigenvalue weighted by molar-refractivity contribution is 6.07. The van der Waals surface area contributed by atoms with Crippen molar-refractivity contribution in [3.63, 3.8) is 0 Å². The number of likely N-dealkylation sites (tertiary alicyclic amines) is 1. The van der Waals surface area contributed by atoms with Crippen LogP contribution in [0.3, 0.4) is 0 Å². The van der Waals surface area contributed by atoms with Gasteiger partial charge in [-0.25, -0.2) is 4.39 Å². The number of aromatic nitrogens is 1. The van der Waals surface area contributed by atoms with Gasteiger partial charge in [-0.05, 0) is 18.6 Å². The predicted molar refractivity (Wildman–Crippen MR) is 58.8 cm³/mol. The van der Waals surface area contributed by atoms with E-state index < -0.39 is 0 Å². The first-order chi connectivity index (χ1) is 7.77. The largest absolute Gasteiger partial charge is 0.360 e. The lowest BCUT2D eigenvalue weighted by atomic mass is 10.1. The van der Waals surface area contributed by atoms with Crippen LogP contribution in [0.25, 0.3) is 10.9 Å². The molecule has 82 valence electrons. The number of carbonyl (C=O) groups is 1. The number of H-pyrrole nitrogens is 1. The Morgan fingerprint density at radius 1 is 1.38 bits per heavy atom. The van der Waals surface area contributed by atoms with E-state index >= 15 is 0 Å². The fraction of sp³-hybridized carbons (Fsp3) is 0.250. The Labute approximate surface area is 91.9 Å². The van der Waals surface area contributed by atoms with Crippen molar-refractivity contribution in [1.29, 1.82) is 0 Å². The summed E-state index contributed by atoms with van der Waals surface area (Å²) in [5, 5.41) is 0.402. The second-order valence-corrected chi connectivity index (χ2v) is 4.01. The first kappa shape index (κ1) is 9.39. The van der Waals surface area contributed by atoms with Crippen LogP contribution in [0.2, 0.25) is 0 Å². The predicted octanol–water partition coefficient (Wildman–Crippen LogP) is 2.15. The third kappa shape index (κ3) is 1.23. The van der Waals surface area contributed by atoms with Gasteiger partial charge < -0.3 is 9.88 Å². The Morgan fingerprint density at radius 2 is 2.19 bits per heavy atom. The van der Waals surface area contributed by atoms with E-state index in [1.165, 1.54) is 6.07 Å². The third-order valence-corrected chi connectivity index (χ3v) is 3.03. The summed E-state index contributed by atoms with van der Waals surface area (Å²) in [6.07, 6.45) is 2.63. The first-order valence-corrected chi connectivity index (χ1v) is 5.32. The number of hydrogen-bond donors (Lipinski definition) is 1. The standard InChI is InChI=1S/C12H11FN2O/c13-9-3-1-4-10-11(9)8(7-14-10)12(16)15-5-2-6-15/h1,3-4,7,14H,2,5-6H2. The fourth-order valence-corrected chi connectivity index (χ4v) is 2.00. The smallest absolute Gasteiger partial charge is 0.256 e. The van der Waals surface area contributed by atoms with Crippen molar-refractivity contribution in [2.75, 3.05) is 13.1 Å². The van der Waals surface area contributed by atoms with E-state index in [1.54, 1.807) is 23.2 Å². The summed E-state index contributed by atoms with van der Waals surface area (Å²) in [5.74, 6) is -0.426. The maximum absolute atomic E-state index is 13.6. The summed E-state index contributed by atoms with van der Waals surface area (Å²) in [4.78, 5) is 16.7. The number of rotatable bonds is 1. The van der Waals surface area contributed by atoms with Crippen LogP contribution >= 0.6 is 0 Å². The number of benzene rings is 1. The van der Waals surface area contributed by atoms with E-state index in [0.717, 1.165) is 19.5 Å². The highest BCUT2D eigenvalue weighted by Crippen LogP contribution is 2.24. The van der Waals surface area contributed by atoms with Crippen molar-refractivity contribution >= 4 is 16.8 Å². The lowest BCUT2D eigenvalue weighted by Gasteiger charge is -2.30. The summed E-state index contributed by atoms with van der Waals surface area (Å²) >= 11 is 0. The Bertz CT molecular complexity index is 557. The van der Waals surface area contributed by atoms with Gasteiger partial charge in [0.05, 0.1) is 5.56 Å². The molecule has 1 N–H and O–H groups in total. The third-order valence-electron chi connectivity index (χ3n) is 3.03. The first-order valence-electron chi connectivity index (χ1n) is 5.32. The molecule has 2 aromatic rings. The van der Waals surface area contributed by atoms with Gasteiger partial charge in [0.2, 0.25) is 0 Å². The second-order valence-electron chi connectivity index (χ2n) is 4.01. The summed E-state index contributed by atoms with van der Waals surface area (Å²) in [7, 11) is 0. The quantitative estimate of drug-likeness (QED) is 0.782. The molecule has 3 nitrogen and oxygen atoms in total. The molecule has 3 rings (SSSR count). The van der Waals surface area contributed by atoms with E-state index in [-0.39, 0.29) is 11.7 Å². The Kier molecular flexibility index (Phi) is 1.96. The molecule has 0 radical (unpaired) electrons. The second kappa shape index (κ2) is 3.33. The molecule has 1 saturated heterocycles. The number of nitrogens with one attached hydrogen (secondary N) is 1. The average Bonchev–Trinajstić information content (AvgIpc) is 2.60. The van der Waals surface area contributed by atoms with Crippen molar-refractivity contribution in [2.45, 2.75) is 6.42 Å². The van der Waals surface area contributed by atoms with E-state index in [2.05, 4.69) is 4.98 Å². The maximum Gasteiger partial charge on any atom is 0.256 e. The molecule has 1 aromatic heterocycles. The number of carbonyl (C=O) groups excluding carboxylic acids is 1. The van der Waals surface area contributed by atoms with Crippen LogP contribution in [-0.4, -0.2) is 28.9 Å². The molecule has 0 spiro atoms. The van der Waals surface area contributed by atoms with Crippen molar-refractivity contribution in [3.05, 3.63) is 35.8 Å². The van der Waals surface area contributed by atoms with Gasteiger partial charge in [-0.2, -0.15) is 0 Å². The van der Waals surface area contributed by atoms with Crippen LogP contribution in [0.15, 0.2) is 24.4 Å². The summed E-state index contributed by atoms with van der Waals surface area (Å²) in [6, 6.07) is 4.78. The summed E-state index contributed by atoms with van der Waals surface area (Å²) in [6.45, 7) is 1.56. The molecule has 0 unspecified atom stereocenters. The molecule has 0 aliphatic carbocycles. The van der Waals surface area contributed by atoms with E-state index in [9.17, 15) is 9.18 Å². The van der Waals surface area contributed by atoms with Crippen LogP contribution < -0.4 is 0 Å². The number of amides is 1. The van der Waals surface area contributed by atoms with Gasteiger partial charge in [0.15, 0.2) is 0 Å². The van der Waals surface area contributed by atoms with Crippen molar-refractivity contribution in [3.8, 4) is 0 Å². The zero-order valence-corrected chi connectivity index (χ0v) is 8.66. The van der Waals surface area contributed by atoms with Crippen molar-refractivity contribution in [2.24, 2.45) is 0 Å². The van der Waals surface area contributed by atoms with Gasteiger partial charge >= 0.3 is 0 Å². The topological polar surface area (TPSA) is 36.1 Å². The summed E-state index contributed by atoms with van der Waals surface area (Å²) < 4.78 is 13.6. The highest BCUT2D eigenvalue weighted by atomic mass is 19.1. The number of hydrogen-bond acceptors (Lipinski definition) is 1. The molecule has 1 amide bonds. The van der Waals surface area contributed by atoms with E-state index in [1.807, 2.05) is 0 Å². The van der Waals surface area contributed by atoms with Gasteiger partial charge in [-0.3, -0.25) is 4.79 Å². The summed E-state index contributed by atoms with van der Waals surface area (Å²) in [5.41, 5.74) is 1.11. The monoisotopic (exact) mass is 218 g/mol. The molecule has 16 heavy (non-hydrogen) atoms. The molecule has 1 aliphatic rings. The van der Waals surface area contributed by atoms with Gasteiger partial charge in [-0.15, -0.1) is 0 Å². The van der Waals surface area contributed by atoms with Gasteiger partial charge in [0.1, 0.15) is 5.82 Å². The minimum atomic E-state index is -0.345. The van der Waals surface area contributed by atoms with Crippen molar-refractivity contribution < 1.29 is 9.18 Å². The molecule has 0 saturated carbocycles. The van der Waals surface area contributed by atoms with E-state index in [4.69, 9.17) is 0 Å². The minimum Gasteiger partial charge on any atom is -0.360 e. The lowest BCUT2D eigenvalue weighted by molar-refractivity contribution is 0.0653. The SMILES string of the molecule is O=C(c1c[nH]c2cccc(F)c12)N1CCC1. The zero-order valence-electron chi connectivity index (χ0n) is 8.66. The number of fused-ring (bicyclic) bond motifs is 1. The molecule has 1 fully saturated rings. The lowest BCUT2D eigenvalue weighted by Crippen LogP contribution is -2.41. The van der Waals surface area contributed by atoms with Gasteiger partial charge in [-0.1, -0.05) is 6.07 Å². The maximum atomic E-state index is 13.6. The highest BCUT2D eigenvalue weighted by Gasteiger charge is 2.24. The molecule has 1 aromatic carbocycles. The minimum absolute atomic E-state index is 0.0809. The van der Waals surface area contributed by atoms with Crippen LogP contribution in [0, 0.1) is 5.82 Å². The van der Waals surface area contributed by atoms with Crippen LogP contribution in [-0.2, 0) is 0 Å². The van der Waals surface area contributed by atoms with Crippen LogP contribution in [0.1, 0.15) is 16.8 Å². The van der Waals surface area contributed by atoms with Gasteiger partial charge in [0, 0.05) is 30.2 Å². The van der Waals surface area contributed by atoms with Crippen LogP contribution in [0.5, 0.6) is 0 Å². The molecule has 4 heteroatoms. The fourth-order valence-electron chi connectivity index (χ4n) is 2.00. The molecule has 1 aliphatic heterocycles.